The first-order valence-corrected chi connectivity index (χ1v) is 5.66. The standard InChI is InChI=1S/C13H19N/c1-11-6-5-7-12(10-11)13-8-3-2-4-9-14-13/h5-7,10,13-14H,2-4,8-9H2,1H3. The summed E-state index contributed by atoms with van der Waals surface area (Å²) in [5, 5.41) is 3.63. The molecule has 1 aliphatic rings. The molecule has 1 fully saturated rings. The second kappa shape index (κ2) is 4.61. The van der Waals surface area contributed by atoms with E-state index in [1.807, 2.05) is 0 Å². The molecule has 0 bridgehead atoms. The Balaban J connectivity index is 2.12. The van der Waals surface area contributed by atoms with Crippen LogP contribution >= 0.6 is 0 Å². The van der Waals surface area contributed by atoms with E-state index in [2.05, 4.69) is 36.5 Å². The zero-order valence-electron chi connectivity index (χ0n) is 8.92. The van der Waals surface area contributed by atoms with Crippen LogP contribution in [0.2, 0.25) is 0 Å². The summed E-state index contributed by atoms with van der Waals surface area (Å²) in [5.74, 6) is 0. The zero-order valence-corrected chi connectivity index (χ0v) is 8.92. The molecule has 1 N–H and O–H groups in total. The highest BCUT2D eigenvalue weighted by molar-refractivity contribution is 5.25. The van der Waals surface area contributed by atoms with Gasteiger partial charge in [-0.15, -0.1) is 0 Å². The Morgan fingerprint density at radius 2 is 2.14 bits per heavy atom. The maximum absolute atomic E-state index is 3.63. The van der Waals surface area contributed by atoms with Crippen molar-refractivity contribution in [3.63, 3.8) is 0 Å². The second-order valence-corrected chi connectivity index (χ2v) is 4.27. The minimum Gasteiger partial charge on any atom is -0.310 e. The Kier molecular flexibility index (Phi) is 3.20. The van der Waals surface area contributed by atoms with Gasteiger partial charge in [-0.05, 0) is 31.9 Å². The summed E-state index contributed by atoms with van der Waals surface area (Å²) in [6, 6.07) is 9.48. The summed E-state index contributed by atoms with van der Waals surface area (Å²) in [6.07, 6.45) is 5.38. The third kappa shape index (κ3) is 2.36. The molecule has 0 radical (unpaired) electrons. The minimum absolute atomic E-state index is 0.595. The molecule has 1 heteroatoms. The average molecular weight is 189 g/mol. The molecule has 0 aromatic heterocycles. The first-order valence-electron chi connectivity index (χ1n) is 5.66. The SMILES string of the molecule is Cc1cccc(C2CCCCCN2)c1. The van der Waals surface area contributed by atoms with Gasteiger partial charge in [0.1, 0.15) is 0 Å². The number of rotatable bonds is 1. The molecule has 0 amide bonds. The predicted octanol–water partition coefficient (Wildman–Crippen LogP) is 3.20. The smallest absolute Gasteiger partial charge is 0.0320 e. The molecule has 1 saturated heterocycles. The lowest BCUT2D eigenvalue weighted by Crippen LogP contribution is -2.20. The first-order chi connectivity index (χ1) is 6.86. The zero-order chi connectivity index (χ0) is 9.80. The van der Waals surface area contributed by atoms with Crippen molar-refractivity contribution in [2.24, 2.45) is 0 Å². The van der Waals surface area contributed by atoms with E-state index in [4.69, 9.17) is 0 Å². The molecule has 1 unspecified atom stereocenters. The minimum atomic E-state index is 0.595. The average Bonchev–Trinajstić information content (AvgIpc) is 2.45. The van der Waals surface area contributed by atoms with Gasteiger partial charge in [0.15, 0.2) is 0 Å². The number of aryl methyl sites for hydroxylation is 1. The van der Waals surface area contributed by atoms with Crippen molar-refractivity contribution in [1.82, 2.24) is 5.32 Å². The van der Waals surface area contributed by atoms with Gasteiger partial charge in [0.2, 0.25) is 0 Å². The van der Waals surface area contributed by atoms with E-state index in [0.29, 0.717) is 6.04 Å². The molecular formula is C13H19N. The summed E-state index contributed by atoms with van der Waals surface area (Å²) >= 11 is 0. The maximum atomic E-state index is 3.63. The maximum Gasteiger partial charge on any atom is 0.0320 e. The Labute approximate surface area is 86.5 Å². The molecule has 1 heterocycles. The van der Waals surface area contributed by atoms with E-state index in [-0.39, 0.29) is 0 Å². The molecule has 0 spiro atoms. The highest BCUT2D eigenvalue weighted by Crippen LogP contribution is 2.22. The van der Waals surface area contributed by atoms with Crippen molar-refractivity contribution in [1.29, 1.82) is 0 Å². The van der Waals surface area contributed by atoms with Gasteiger partial charge >= 0.3 is 0 Å². The van der Waals surface area contributed by atoms with E-state index in [0.717, 1.165) is 0 Å². The number of hydrogen-bond acceptors (Lipinski definition) is 1. The van der Waals surface area contributed by atoms with Crippen LogP contribution in [0, 0.1) is 6.92 Å². The summed E-state index contributed by atoms with van der Waals surface area (Å²) in [7, 11) is 0. The normalized spacial score (nSPS) is 23.1. The second-order valence-electron chi connectivity index (χ2n) is 4.27. The van der Waals surface area contributed by atoms with E-state index < -0.39 is 0 Å². The first kappa shape index (κ1) is 9.72. The van der Waals surface area contributed by atoms with Crippen LogP contribution in [0.4, 0.5) is 0 Å². The number of hydrogen-bond donors (Lipinski definition) is 1. The molecule has 0 saturated carbocycles. The van der Waals surface area contributed by atoms with Gasteiger partial charge in [-0.2, -0.15) is 0 Å². The summed E-state index contributed by atoms with van der Waals surface area (Å²) in [5.41, 5.74) is 2.83. The van der Waals surface area contributed by atoms with Gasteiger partial charge in [-0.3, -0.25) is 0 Å². The van der Waals surface area contributed by atoms with E-state index in [1.54, 1.807) is 0 Å². The van der Waals surface area contributed by atoms with Crippen LogP contribution in [0.5, 0.6) is 0 Å². The molecule has 1 nitrogen and oxygen atoms in total. The third-order valence-electron chi connectivity index (χ3n) is 3.00. The van der Waals surface area contributed by atoms with Gasteiger partial charge in [0, 0.05) is 6.04 Å². The fourth-order valence-corrected chi connectivity index (χ4v) is 2.20. The molecule has 14 heavy (non-hydrogen) atoms. The van der Waals surface area contributed by atoms with E-state index in [9.17, 15) is 0 Å². The Hall–Kier alpha value is -0.820. The monoisotopic (exact) mass is 189 g/mol. The quantitative estimate of drug-likeness (QED) is 0.715. The summed E-state index contributed by atoms with van der Waals surface area (Å²) < 4.78 is 0. The fraction of sp³-hybridized carbons (Fsp3) is 0.538. The topological polar surface area (TPSA) is 12.0 Å². The van der Waals surface area contributed by atoms with Crippen molar-refractivity contribution in [2.45, 2.75) is 38.6 Å². The number of nitrogens with one attached hydrogen (secondary N) is 1. The molecule has 0 aliphatic carbocycles. The van der Waals surface area contributed by atoms with Crippen molar-refractivity contribution in [2.75, 3.05) is 6.54 Å². The van der Waals surface area contributed by atoms with Gasteiger partial charge in [-0.25, -0.2) is 0 Å². The highest BCUT2D eigenvalue weighted by atomic mass is 14.9. The third-order valence-corrected chi connectivity index (χ3v) is 3.00. The van der Waals surface area contributed by atoms with Crippen LogP contribution in [-0.4, -0.2) is 6.54 Å². The van der Waals surface area contributed by atoms with E-state index in [1.165, 1.54) is 43.4 Å². The van der Waals surface area contributed by atoms with Crippen molar-refractivity contribution in [3.8, 4) is 0 Å². The van der Waals surface area contributed by atoms with Gasteiger partial charge in [0.25, 0.3) is 0 Å². The van der Waals surface area contributed by atoms with E-state index >= 15 is 0 Å². The largest absolute Gasteiger partial charge is 0.310 e. The lowest BCUT2D eigenvalue weighted by Gasteiger charge is -2.16. The number of benzene rings is 1. The Bertz CT molecular complexity index is 285. The van der Waals surface area contributed by atoms with Gasteiger partial charge < -0.3 is 5.32 Å². The van der Waals surface area contributed by atoms with Crippen LogP contribution < -0.4 is 5.32 Å². The molecular weight excluding hydrogens is 170 g/mol. The summed E-state index contributed by atoms with van der Waals surface area (Å²) in [4.78, 5) is 0. The van der Waals surface area contributed by atoms with Gasteiger partial charge in [-0.1, -0.05) is 42.7 Å². The van der Waals surface area contributed by atoms with Gasteiger partial charge in [0.05, 0.1) is 0 Å². The predicted molar refractivity (Wildman–Crippen MR) is 60.4 cm³/mol. The molecule has 1 aliphatic heterocycles. The van der Waals surface area contributed by atoms with Crippen molar-refractivity contribution < 1.29 is 0 Å². The Morgan fingerprint density at radius 1 is 1.21 bits per heavy atom. The van der Waals surface area contributed by atoms with Crippen LogP contribution in [0.3, 0.4) is 0 Å². The molecule has 2 rings (SSSR count). The molecule has 1 atom stereocenters. The summed E-state index contributed by atoms with van der Waals surface area (Å²) in [6.45, 7) is 3.35. The highest BCUT2D eigenvalue weighted by Gasteiger charge is 2.12. The van der Waals surface area contributed by atoms with Crippen LogP contribution in [0.25, 0.3) is 0 Å². The lowest BCUT2D eigenvalue weighted by atomic mass is 10.0. The fourth-order valence-electron chi connectivity index (χ4n) is 2.20. The van der Waals surface area contributed by atoms with Crippen molar-refractivity contribution in [3.05, 3.63) is 35.4 Å². The molecule has 76 valence electrons. The van der Waals surface area contributed by atoms with Crippen LogP contribution in [0.15, 0.2) is 24.3 Å². The van der Waals surface area contributed by atoms with Crippen LogP contribution in [-0.2, 0) is 0 Å². The van der Waals surface area contributed by atoms with Crippen molar-refractivity contribution >= 4 is 0 Å². The molecule has 1 aromatic carbocycles. The Morgan fingerprint density at radius 3 is 3.00 bits per heavy atom. The van der Waals surface area contributed by atoms with Crippen LogP contribution in [0.1, 0.15) is 42.9 Å². The lowest BCUT2D eigenvalue weighted by molar-refractivity contribution is 0.534. The molecule has 1 aromatic rings.